The summed E-state index contributed by atoms with van der Waals surface area (Å²) in [4.78, 5) is 0. The van der Waals surface area contributed by atoms with Crippen LogP contribution in [0.4, 0.5) is 0 Å². The van der Waals surface area contributed by atoms with Gasteiger partial charge in [-0.15, -0.1) is 0 Å². The van der Waals surface area contributed by atoms with Crippen molar-refractivity contribution in [1.82, 2.24) is 0 Å². The Balaban J connectivity index is 1.96. The number of rotatable bonds is 5. The Labute approximate surface area is 181 Å². The normalized spacial score (nSPS) is 37.0. The number of hydrogen-bond acceptors (Lipinski definition) is 2. The number of ether oxygens (including phenoxy) is 2. The zero-order valence-corrected chi connectivity index (χ0v) is 20.5. The standard InChI is InChI=1S/C21H34I2O2/c1-13(2)20(12-23)17-8-14(3)7-16-18(15(4)11-22)9-21(10-19(16)17)24-5-6-25-21/h7,13,15-20H,5-6,8-12H2,1-4H3/t15-,16-,17-,18+,19+,20-/m1/s1. The molecule has 1 aliphatic heterocycles. The molecule has 25 heavy (non-hydrogen) atoms. The van der Waals surface area contributed by atoms with Crippen LogP contribution in [0, 0.1) is 41.4 Å². The Morgan fingerprint density at radius 3 is 2.32 bits per heavy atom. The van der Waals surface area contributed by atoms with Gasteiger partial charge in [0.15, 0.2) is 5.79 Å². The lowest BCUT2D eigenvalue weighted by Crippen LogP contribution is -2.51. The van der Waals surface area contributed by atoms with Crippen LogP contribution in [-0.2, 0) is 9.47 Å². The fourth-order valence-corrected chi connectivity index (χ4v) is 8.00. The smallest absolute Gasteiger partial charge is 0.169 e. The maximum Gasteiger partial charge on any atom is 0.169 e. The highest BCUT2D eigenvalue weighted by Gasteiger charge is 2.53. The van der Waals surface area contributed by atoms with Gasteiger partial charge in [0.1, 0.15) is 0 Å². The second-order valence-corrected chi connectivity index (χ2v) is 10.8. The fourth-order valence-electron chi connectivity index (χ4n) is 5.68. The molecule has 6 atom stereocenters. The summed E-state index contributed by atoms with van der Waals surface area (Å²) in [5.41, 5.74) is 1.62. The van der Waals surface area contributed by atoms with E-state index in [9.17, 15) is 0 Å². The molecule has 2 nitrogen and oxygen atoms in total. The molecule has 1 spiro atoms. The van der Waals surface area contributed by atoms with Crippen LogP contribution in [0.1, 0.15) is 47.0 Å². The van der Waals surface area contributed by atoms with E-state index in [0.29, 0.717) is 17.8 Å². The average molecular weight is 572 g/mol. The highest BCUT2D eigenvalue weighted by Crippen LogP contribution is 2.55. The first-order valence-electron chi connectivity index (χ1n) is 9.98. The molecule has 0 aromatic heterocycles. The quantitative estimate of drug-likeness (QED) is 0.225. The summed E-state index contributed by atoms with van der Waals surface area (Å²) in [7, 11) is 0. The fraction of sp³-hybridized carbons (Fsp3) is 0.905. The highest BCUT2D eigenvalue weighted by atomic mass is 127. The van der Waals surface area contributed by atoms with Crippen molar-refractivity contribution in [3.63, 3.8) is 0 Å². The molecule has 0 aromatic rings. The van der Waals surface area contributed by atoms with Crippen molar-refractivity contribution in [2.45, 2.75) is 52.7 Å². The predicted octanol–water partition coefficient (Wildman–Crippen LogP) is 6.12. The third-order valence-electron chi connectivity index (χ3n) is 7.04. The minimum absolute atomic E-state index is 0.282. The molecule has 144 valence electrons. The van der Waals surface area contributed by atoms with Crippen LogP contribution >= 0.6 is 45.2 Å². The summed E-state index contributed by atoms with van der Waals surface area (Å²) in [5, 5.41) is 0. The van der Waals surface area contributed by atoms with E-state index >= 15 is 0 Å². The van der Waals surface area contributed by atoms with Gasteiger partial charge in [0.05, 0.1) is 13.2 Å². The van der Waals surface area contributed by atoms with Crippen LogP contribution in [-0.4, -0.2) is 27.9 Å². The molecule has 1 heterocycles. The van der Waals surface area contributed by atoms with Crippen LogP contribution in [0.2, 0.25) is 0 Å². The van der Waals surface area contributed by atoms with Gasteiger partial charge in [-0.25, -0.2) is 0 Å². The van der Waals surface area contributed by atoms with Crippen LogP contribution in [0.3, 0.4) is 0 Å². The molecule has 4 heteroatoms. The SMILES string of the molecule is CC1=C[C@@H]2[C@H]([C@H](C)CI)CC3(C[C@@H]2[C@H]([C@H](CI)C(C)C)C1)OCCO3. The first-order chi connectivity index (χ1) is 11.9. The van der Waals surface area contributed by atoms with Gasteiger partial charge < -0.3 is 9.47 Å². The number of hydrogen-bond donors (Lipinski definition) is 0. The van der Waals surface area contributed by atoms with Gasteiger partial charge in [-0.05, 0) is 54.8 Å². The Morgan fingerprint density at radius 1 is 1.08 bits per heavy atom. The van der Waals surface area contributed by atoms with Crippen LogP contribution in [0.25, 0.3) is 0 Å². The lowest BCUT2D eigenvalue weighted by Gasteiger charge is -2.53. The van der Waals surface area contributed by atoms with Gasteiger partial charge >= 0.3 is 0 Å². The summed E-state index contributed by atoms with van der Waals surface area (Å²) >= 11 is 5.19. The summed E-state index contributed by atoms with van der Waals surface area (Å²) in [6.45, 7) is 11.2. The van der Waals surface area contributed by atoms with E-state index in [1.165, 1.54) is 15.3 Å². The lowest BCUT2D eigenvalue weighted by atomic mass is 9.56. The zero-order valence-electron chi connectivity index (χ0n) is 16.1. The second kappa shape index (κ2) is 8.64. The maximum atomic E-state index is 6.26. The van der Waals surface area contributed by atoms with E-state index in [1.54, 1.807) is 5.57 Å². The van der Waals surface area contributed by atoms with Gasteiger partial charge in [-0.1, -0.05) is 77.6 Å². The van der Waals surface area contributed by atoms with E-state index in [1.807, 2.05) is 0 Å². The van der Waals surface area contributed by atoms with Crippen LogP contribution in [0.5, 0.6) is 0 Å². The monoisotopic (exact) mass is 572 g/mol. The molecule has 3 aliphatic rings. The third kappa shape index (κ3) is 4.26. The minimum Gasteiger partial charge on any atom is -0.348 e. The van der Waals surface area contributed by atoms with Gasteiger partial charge in [-0.3, -0.25) is 0 Å². The molecule has 2 fully saturated rings. The number of fused-ring (bicyclic) bond motifs is 1. The van der Waals surface area contributed by atoms with E-state index < -0.39 is 0 Å². The number of alkyl halides is 2. The van der Waals surface area contributed by atoms with E-state index in [-0.39, 0.29) is 5.79 Å². The third-order valence-corrected chi connectivity index (χ3v) is 9.45. The van der Waals surface area contributed by atoms with Crippen LogP contribution in [0.15, 0.2) is 11.6 Å². The summed E-state index contributed by atoms with van der Waals surface area (Å²) in [5.74, 6) is 4.88. The summed E-state index contributed by atoms with van der Waals surface area (Å²) in [6.07, 6.45) is 6.11. The van der Waals surface area contributed by atoms with E-state index in [4.69, 9.17) is 9.47 Å². The van der Waals surface area contributed by atoms with E-state index in [0.717, 1.165) is 49.7 Å². The van der Waals surface area contributed by atoms with Crippen molar-refractivity contribution >= 4 is 45.2 Å². The molecule has 0 N–H and O–H groups in total. The first-order valence-corrected chi connectivity index (χ1v) is 13.0. The molecule has 0 radical (unpaired) electrons. The van der Waals surface area contributed by atoms with Gasteiger partial charge in [0, 0.05) is 21.7 Å². The van der Waals surface area contributed by atoms with Crippen molar-refractivity contribution in [1.29, 1.82) is 0 Å². The van der Waals surface area contributed by atoms with Crippen molar-refractivity contribution in [2.75, 3.05) is 22.1 Å². The topological polar surface area (TPSA) is 18.5 Å². The molecule has 0 aromatic carbocycles. The lowest BCUT2D eigenvalue weighted by molar-refractivity contribution is -0.216. The maximum absolute atomic E-state index is 6.26. The summed E-state index contributed by atoms with van der Waals surface area (Å²) in [6, 6.07) is 0. The van der Waals surface area contributed by atoms with Crippen molar-refractivity contribution in [2.24, 2.45) is 41.4 Å². The molecule has 0 amide bonds. The first kappa shape index (κ1) is 20.8. The molecular formula is C21H34I2O2. The van der Waals surface area contributed by atoms with Crippen LogP contribution < -0.4 is 0 Å². The largest absolute Gasteiger partial charge is 0.348 e. The molecule has 3 rings (SSSR count). The average Bonchev–Trinajstić information content (AvgIpc) is 3.02. The molecule has 0 unspecified atom stereocenters. The van der Waals surface area contributed by atoms with Gasteiger partial charge in [0.2, 0.25) is 0 Å². The Kier molecular flexibility index (Phi) is 7.21. The predicted molar refractivity (Wildman–Crippen MR) is 121 cm³/mol. The zero-order chi connectivity index (χ0) is 18.2. The number of allylic oxidation sites excluding steroid dienone is 2. The van der Waals surface area contributed by atoms with Crippen molar-refractivity contribution in [3.05, 3.63) is 11.6 Å². The molecule has 1 saturated carbocycles. The summed E-state index contributed by atoms with van der Waals surface area (Å²) < 4.78 is 15.0. The molecule has 0 bridgehead atoms. The Hall–Kier alpha value is 1.12. The molecule has 2 aliphatic carbocycles. The minimum atomic E-state index is -0.282. The van der Waals surface area contributed by atoms with Crippen molar-refractivity contribution < 1.29 is 9.47 Å². The van der Waals surface area contributed by atoms with Gasteiger partial charge in [-0.2, -0.15) is 0 Å². The Bertz CT molecular complexity index is 484. The number of halogens is 2. The molecular weight excluding hydrogens is 538 g/mol. The molecule has 1 saturated heterocycles. The second-order valence-electron chi connectivity index (χ2n) is 9.00. The van der Waals surface area contributed by atoms with Gasteiger partial charge in [0.25, 0.3) is 0 Å². The highest BCUT2D eigenvalue weighted by molar-refractivity contribution is 14.1. The van der Waals surface area contributed by atoms with Crippen molar-refractivity contribution in [3.8, 4) is 0 Å². The van der Waals surface area contributed by atoms with E-state index in [2.05, 4.69) is 79.0 Å². The Morgan fingerprint density at radius 2 is 1.76 bits per heavy atom.